The van der Waals surface area contributed by atoms with Crippen molar-refractivity contribution in [3.05, 3.63) is 64.6 Å². The smallest absolute Gasteiger partial charge is 0.230 e. The molecule has 1 amide bonds. The second kappa shape index (κ2) is 11.9. The quantitative estimate of drug-likeness (QED) is 0.105. The molecule has 0 saturated heterocycles. The number of hydrogen-bond acceptors (Lipinski definition) is 10. The van der Waals surface area contributed by atoms with Gasteiger partial charge < -0.3 is 46.6 Å². The predicted molar refractivity (Wildman–Crippen MR) is 180 cm³/mol. The first kappa shape index (κ1) is 32.9. The number of aromatic hydroxyl groups is 1. The van der Waals surface area contributed by atoms with Crippen molar-refractivity contribution in [1.82, 2.24) is 10.2 Å². The first-order chi connectivity index (χ1) is 22.2. The molecule has 0 aromatic heterocycles. The highest BCUT2D eigenvalue weighted by Gasteiger charge is 2.66. The topological polar surface area (TPSA) is 189 Å². The fraction of sp³-hybridized carbons (Fsp3) is 0.471. The largest absolute Gasteiger partial charge is 0.508 e. The number of aliphatic hydroxyl groups excluding tert-OH is 2. The van der Waals surface area contributed by atoms with Crippen LogP contribution in [0.2, 0.25) is 0 Å². The molecule has 250 valence electrons. The van der Waals surface area contributed by atoms with Gasteiger partial charge in [-0.2, -0.15) is 0 Å². The van der Waals surface area contributed by atoms with Gasteiger partial charge >= 0.3 is 0 Å². The molecule has 5 aliphatic rings. The monoisotopic (exact) mass is 663 g/mol. The molecule has 0 spiro atoms. The number of carbonyl (C=O) groups excluding carboxylic acids is 3. The number of thiocarbonyl (C=S) groups is 1. The number of phenolic OH excluding ortho intramolecular Hbond substituents is 1. The summed E-state index contributed by atoms with van der Waals surface area (Å²) in [5.41, 5.74) is 4.76. The van der Waals surface area contributed by atoms with E-state index in [1.54, 1.807) is 44.1 Å². The van der Waals surface area contributed by atoms with E-state index in [2.05, 4.69) is 28.9 Å². The van der Waals surface area contributed by atoms with Crippen LogP contribution >= 0.6 is 12.2 Å². The van der Waals surface area contributed by atoms with Gasteiger partial charge in [0.05, 0.1) is 17.4 Å². The third-order valence-corrected chi connectivity index (χ3v) is 10.7. The molecule has 0 heterocycles. The van der Waals surface area contributed by atoms with Crippen molar-refractivity contribution >= 4 is 46.2 Å². The number of rotatable bonds is 5. The first-order valence-corrected chi connectivity index (χ1v) is 16.2. The number of anilines is 2. The van der Waals surface area contributed by atoms with Crippen molar-refractivity contribution in [3.8, 4) is 5.75 Å². The molecule has 4 unspecified atom stereocenters. The van der Waals surface area contributed by atoms with Gasteiger partial charge in [-0.3, -0.25) is 14.4 Å². The van der Waals surface area contributed by atoms with E-state index >= 15 is 0 Å². The van der Waals surface area contributed by atoms with Crippen molar-refractivity contribution < 1.29 is 34.8 Å². The van der Waals surface area contributed by atoms with Crippen LogP contribution in [0.15, 0.2) is 53.5 Å². The zero-order chi connectivity index (χ0) is 34.1. The van der Waals surface area contributed by atoms with Crippen LogP contribution in [-0.2, 0) is 16.0 Å². The van der Waals surface area contributed by atoms with Gasteiger partial charge in [-0.15, -0.1) is 0 Å². The molecular formula is C34H41N5O7S. The summed E-state index contributed by atoms with van der Waals surface area (Å²) in [4.78, 5) is 43.7. The Hall–Kier alpha value is -4.04. The Labute approximate surface area is 278 Å². The molecule has 13 heteroatoms. The van der Waals surface area contributed by atoms with E-state index in [1.807, 2.05) is 12.2 Å². The number of aliphatic hydroxyl groups is 3. The minimum Gasteiger partial charge on any atom is -0.508 e. The third kappa shape index (κ3) is 5.07. The van der Waals surface area contributed by atoms with Gasteiger partial charge in [0.2, 0.25) is 5.91 Å². The maximum atomic E-state index is 14.3. The highest BCUT2D eigenvalue weighted by Crippen LogP contribution is 2.54. The zero-order valence-electron chi connectivity index (χ0n) is 26.7. The van der Waals surface area contributed by atoms with E-state index in [1.165, 1.54) is 0 Å². The Balaban J connectivity index is 1.40. The molecular weight excluding hydrogens is 622 g/mol. The second-order valence-electron chi connectivity index (χ2n) is 13.6. The summed E-state index contributed by atoms with van der Waals surface area (Å²) in [7, 11) is 6.86. The number of nitrogens with two attached hydrogens (primary N) is 1. The number of Topliss-reactive ketones (excluding diaryl/α,β-unsaturated/α-hetero) is 2. The van der Waals surface area contributed by atoms with Gasteiger partial charge in [0, 0.05) is 48.9 Å². The van der Waals surface area contributed by atoms with Crippen LogP contribution in [0.25, 0.3) is 0 Å². The fourth-order valence-electron chi connectivity index (χ4n) is 8.37. The van der Waals surface area contributed by atoms with Gasteiger partial charge in [-0.25, -0.2) is 0 Å². The van der Waals surface area contributed by atoms with Crippen molar-refractivity contribution in [2.45, 2.75) is 43.4 Å². The summed E-state index contributed by atoms with van der Waals surface area (Å²) >= 11 is 5.64. The number of allylic oxidation sites excluding steroid dienone is 6. The summed E-state index contributed by atoms with van der Waals surface area (Å²) in [6.45, 7) is 0. The Morgan fingerprint density at radius 3 is 2.51 bits per heavy atom. The van der Waals surface area contributed by atoms with Gasteiger partial charge in [0.15, 0.2) is 28.0 Å². The first-order valence-electron chi connectivity index (χ1n) is 15.8. The molecule has 1 fully saturated rings. The Kier molecular flexibility index (Phi) is 8.32. The summed E-state index contributed by atoms with van der Waals surface area (Å²) in [6.07, 6.45) is 11.2. The van der Waals surface area contributed by atoms with E-state index in [4.69, 9.17) is 18.0 Å². The van der Waals surface area contributed by atoms with Crippen LogP contribution in [-0.4, -0.2) is 93.8 Å². The van der Waals surface area contributed by atoms with Crippen LogP contribution in [0, 0.1) is 29.6 Å². The number of carbonyl (C=O) groups is 3. The lowest BCUT2D eigenvalue weighted by atomic mass is 9.56. The Morgan fingerprint density at radius 1 is 1.13 bits per heavy atom. The van der Waals surface area contributed by atoms with Crippen molar-refractivity contribution in [1.29, 1.82) is 0 Å². The molecule has 0 radical (unpaired) electrons. The van der Waals surface area contributed by atoms with E-state index in [-0.39, 0.29) is 40.7 Å². The van der Waals surface area contributed by atoms with E-state index in [9.17, 15) is 34.8 Å². The van der Waals surface area contributed by atoms with Crippen molar-refractivity contribution in [2.75, 3.05) is 38.4 Å². The number of likely N-dealkylation sites (N-methyl/N-ethyl adjacent to an activating group) is 1. The standard InChI is InChI=1S/C34H41N5O7S/c1-38(2)22-14-21(37-33(47)36-20-11-7-9-15-8-5-6-10-17(15)20)27(40)24-18(22)12-16-13-19-26(39(3)4)29(42)25(32(35)45)31(44)34(19,46)30(43)23(16)28(24)41/h6-7,9-11,14-17,19,25-26,29,40,42-43,46H,5,8,12-13H2,1-4H3,(H2,35,45)(H2,36,37,47)/t15?,16-,17?,19-,25?,26-,29?,34-/m0/s1. The maximum Gasteiger partial charge on any atom is 0.230 e. The molecule has 1 saturated carbocycles. The van der Waals surface area contributed by atoms with Crippen LogP contribution in [0.3, 0.4) is 0 Å². The maximum absolute atomic E-state index is 14.3. The highest BCUT2D eigenvalue weighted by molar-refractivity contribution is 7.80. The van der Waals surface area contributed by atoms with Crippen LogP contribution in [0.4, 0.5) is 11.4 Å². The summed E-state index contributed by atoms with van der Waals surface area (Å²) in [5.74, 6) is -7.35. The average molecular weight is 664 g/mol. The molecule has 47 heavy (non-hydrogen) atoms. The number of phenols is 1. The number of nitrogens with zero attached hydrogens (tertiary/aromatic N) is 2. The summed E-state index contributed by atoms with van der Waals surface area (Å²) in [5, 5.41) is 52.8. The minimum absolute atomic E-state index is 0.0417. The number of amides is 1. The Morgan fingerprint density at radius 2 is 1.85 bits per heavy atom. The fourth-order valence-corrected chi connectivity index (χ4v) is 8.60. The second-order valence-corrected chi connectivity index (χ2v) is 14.0. The van der Waals surface area contributed by atoms with Crippen molar-refractivity contribution in [3.63, 3.8) is 0 Å². The molecule has 0 bridgehead atoms. The number of primary amides is 1. The number of benzene rings is 1. The third-order valence-electron chi connectivity index (χ3n) is 10.5. The lowest BCUT2D eigenvalue weighted by Crippen LogP contribution is -2.71. The normalized spacial score (nSPS) is 32.6. The average Bonchev–Trinajstić information content (AvgIpc) is 3.00. The number of ketones is 2. The number of fused-ring (bicyclic) bond motifs is 4. The summed E-state index contributed by atoms with van der Waals surface area (Å²) < 4.78 is 0. The SMILES string of the molecule is CN(C)c1cc(NC(=S)NC2=CC=CC3CCC=CC23)c(O)c2c1C[C@H]1C[C@H]3[C@H](N(C)C)C(O)C(C(N)=O)C(=O)[C@@]3(O)C(O)=C1C2=O. The molecule has 0 aliphatic heterocycles. The van der Waals surface area contributed by atoms with E-state index in [0.29, 0.717) is 17.2 Å². The molecule has 6 rings (SSSR count). The van der Waals surface area contributed by atoms with Gasteiger partial charge in [-0.05, 0) is 81.5 Å². The summed E-state index contributed by atoms with van der Waals surface area (Å²) in [6, 6.07) is 0.765. The molecule has 1 aromatic rings. The highest BCUT2D eigenvalue weighted by atomic mass is 32.1. The van der Waals surface area contributed by atoms with E-state index in [0.717, 1.165) is 18.5 Å². The molecule has 8 atom stereocenters. The lowest BCUT2D eigenvalue weighted by Gasteiger charge is -2.53. The minimum atomic E-state index is -2.65. The lowest BCUT2D eigenvalue weighted by molar-refractivity contribution is -0.178. The van der Waals surface area contributed by atoms with Crippen LogP contribution < -0.4 is 21.3 Å². The number of hydrogen-bond donors (Lipinski definition) is 7. The van der Waals surface area contributed by atoms with Gasteiger partial charge in [-0.1, -0.05) is 24.3 Å². The number of nitrogens with one attached hydrogen (secondary N) is 2. The Bertz CT molecular complexity index is 1700. The molecule has 1 aromatic carbocycles. The van der Waals surface area contributed by atoms with Crippen LogP contribution in [0.5, 0.6) is 5.75 Å². The molecule has 5 aliphatic carbocycles. The zero-order valence-corrected chi connectivity index (χ0v) is 27.5. The van der Waals surface area contributed by atoms with Gasteiger partial charge in [0.25, 0.3) is 0 Å². The van der Waals surface area contributed by atoms with Crippen LogP contribution in [0.1, 0.15) is 35.2 Å². The molecule has 8 N–H and O–H groups in total. The molecule has 12 nitrogen and oxygen atoms in total. The van der Waals surface area contributed by atoms with E-state index < -0.39 is 64.5 Å². The van der Waals surface area contributed by atoms with Gasteiger partial charge in [0.1, 0.15) is 11.7 Å². The predicted octanol–water partition coefficient (Wildman–Crippen LogP) is 1.67. The van der Waals surface area contributed by atoms with Crippen molar-refractivity contribution in [2.24, 2.45) is 35.3 Å².